The van der Waals surface area contributed by atoms with Gasteiger partial charge in [0.2, 0.25) is 6.10 Å². The molecule has 21 nitrogen and oxygen atoms in total. The van der Waals surface area contributed by atoms with Crippen LogP contribution < -0.4 is 0 Å². The van der Waals surface area contributed by atoms with Crippen molar-refractivity contribution in [3.8, 4) is 0 Å². The first-order valence-electron chi connectivity index (χ1n) is 14.4. The summed E-state index contributed by atoms with van der Waals surface area (Å²) in [7, 11) is -14.6. The van der Waals surface area contributed by atoms with Crippen LogP contribution >= 0.6 is 0 Å². The number of esters is 2. The molecule has 0 heterocycles. The van der Waals surface area contributed by atoms with Crippen LogP contribution in [0.1, 0.15) is 17.3 Å². The minimum atomic E-state index is -4.94. The van der Waals surface area contributed by atoms with Gasteiger partial charge in [-0.05, 0) is 31.2 Å². The number of rotatable bonds is 21. The highest BCUT2D eigenvalue weighted by atomic mass is 32.2. The zero-order valence-electron chi connectivity index (χ0n) is 26.8. The van der Waals surface area contributed by atoms with Crippen LogP contribution in [-0.4, -0.2) is 147 Å². The Balaban J connectivity index is 2.77. The lowest BCUT2D eigenvalue weighted by molar-refractivity contribution is -0.194. The highest BCUT2D eigenvalue weighted by Gasteiger charge is 2.50. The number of carboxylic acid groups (broad SMARTS) is 2. The molecule has 0 fully saturated rings. The maximum Gasteiger partial charge on any atom is 0.349 e. The van der Waals surface area contributed by atoms with Crippen LogP contribution in [0.4, 0.5) is 0 Å². The number of carbonyl (C=O) groups is 4. The van der Waals surface area contributed by atoms with Gasteiger partial charge in [-0.2, -0.15) is 25.3 Å². The van der Waals surface area contributed by atoms with Crippen molar-refractivity contribution < 1.29 is 97.1 Å². The van der Waals surface area contributed by atoms with E-state index >= 15 is 0 Å². The average Bonchev–Trinajstić information content (AvgIpc) is 3.09. The normalized spacial score (nSPS) is 17.0. The first kappa shape index (κ1) is 44.1. The van der Waals surface area contributed by atoms with Gasteiger partial charge < -0.3 is 40.1 Å². The second-order valence-electron chi connectivity index (χ2n) is 10.4. The minimum absolute atomic E-state index is 0.347. The maximum absolute atomic E-state index is 13.2. The van der Waals surface area contributed by atoms with E-state index in [4.69, 9.17) is 27.1 Å². The Morgan fingerprint density at radius 1 is 0.692 bits per heavy atom. The van der Waals surface area contributed by atoms with Gasteiger partial charge in [-0.15, -0.1) is 0 Å². The standard InChI is InChI=1S/C28H34O21S3/c1-3-51(41,42)48-17(14-45-52(43,44)16-12-8-5-9-13-16)22(49-50(2,39)40)23(46-27(37)15-10-6-4-7-11-15)24(26(35)36)47-28(38)21(32)19(30)18(29)20(31)25(33)34/h4-13,17-24,29-32H,3,14H2,1-2H3,(H,33,34)(H,35,36)/t17-,18+,19+,20+,21-,22-,23+,24-/m1/s1. The third kappa shape index (κ3) is 12.8. The van der Waals surface area contributed by atoms with Gasteiger partial charge in [0.1, 0.15) is 24.4 Å². The quantitative estimate of drug-likeness (QED) is 0.0549. The Labute approximate surface area is 296 Å². The fourth-order valence-corrected chi connectivity index (χ4v) is 6.21. The van der Waals surface area contributed by atoms with Crippen LogP contribution in [0.5, 0.6) is 0 Å². The van der Waals surface area contributed by atoms with Crippen molar-refractivity contribution in [1.29, 1.82) is 0 Å². The van der Waals surface area contributed by atoms with E-state index in [0.717, 1.165) is 31.2 Å². The van der Waals surface area contributed by atoms with Crippen LogP contribution in [-0.2, 0) is 66.8 Å². The summed E-state index contributed by atoms with van der Waals surface area (Å²) in [6, 6.07) is 12.3. The summed E-state index contributed by atoms with van der Waals surface area (Å²) in [6.07, 6.45) is -22.5. The number of hydrogen-bond acceptors (Lipinski definition) is 19. The molecule has 0 amide bonds. The second-order valence-corrected chi connectivity index (χ2v) is 15.5. The molecule has 8 atom stereocenters. The molecule has 0 aromatic heterocycles. The Morgan fingerprint density at radius 3 is 1.69 bits per heavy atom. The number of aliphatic hydroxyl groups is 4. The van der Waals surface area contributed by atoms with Gasteiger partial charge in [-0.1, -0.05) is 36.4 Å². The van der Waals surface area contributed by atoms with Crippen molar-refractivity contribution in [3.63, 3.8) is 0 Å². The Morgan fingerprint density at radius 2 is 1.21 bits per heavy atom. The van der Waals surface area contributed by atoms with Gasteiger partial charge in [-0.25, -0.2) is 19.2 Å². The fourth-order valence-electron chi connectivity index (χ4n) is 3.95. The zero-order valence-corrected chi connectivity index (χ0v) is 29.3. The smallest absolute Gasteiger partial charge is 0.349 e. The number of benzene rings is 2. The molecule has 0 saturated heterocycles. The number of aliphatic hydroxyl groups excluding tert-OH is 4. The predicted molar refractivity (Wildman–Crippen MR) is 168 cm³/mol. The van der Waals surface area contributed by atoms with E-state index in [1.54, 1.807) is 0 Å². The van der Waals surface area contributed by atoms with Crippen molar-refractivity contribution >= 4 is 54.2 Å². The molecule has 0 unspecified atom stereocenters. The Hall–Kier alpha value is -4.11. The molecule has 290 valence electrons. The summed E-state index contributed by atoms with van der Waals surface area (Å²) >= 11 is 0. The molecule has 2 aromatic rings. The molecule has 0 saturated carbocycles. The number of hydrogen-bond donors (Lipinski definition) is 6. The highest BCUT2D eigenvalue weighted by Crippen LogP contribution is 2.25. The van der Waals surface area contributed by atoms with Crippen LogP contribution in [0.3, 0.4) is 0 Å². The van der Waals surface area contributed by atoms with Gasteiger partial charge in [-0.3, -0.25) is 12.5 Å². The predicted octanol–water partition coefficient (Wildman–Crippen LogP) is -2.78. The van der Waals surface area contributed by atoms with Crippen LogP contribution in [0, 0.1) is 0 Å². The maximum atomic E-state index is 13.2. The summed E-state index contributed by atoms with van der Waals surface area (Å²) in [4.78, 5) is 49.1. The lowest BCUT2D eigenvalue weighted by Gasteiger charge is -2.34. The monoisotopic (exact) mass is 802 g/mol. The second kappa shape index (κ2) is 18.6. The SMILES string of the molecule is CCS(=O)(=O)O[C@H](COS(=O)(=O)c1ccccc1)[C@@H](OS(C)(=O)=O)[C@H](OC(=O)c1ccccc1)[C@@H](OC(=O)[C@H](O)[C@@H](O)[C@H](O)[C@H](O)C(=O)O)C(=O)O. The molecule has 0 bridgehead atoms. The molecule has 2 aromatic carbocycles. The van der Waals surface area contributed by atoms with Crippen molar-refractivity contribution in [2.45, 2.75) is 60.7 Å². The molecule has 24 heteroatoms. The minimum Gasteiger partial charge on any atom is -0.479 e. The molecule has 0 radical (unpaired) electrons. The van der Waals surface area contributed by atoms with Gasteiger partial charge in [0.15, 0.2) is 18.3 Å². The van der Waals surface area contributed by atoms with Crippen molar-refractivity contribution in [2.24, 2.45) is 0 Å². The van der Waals surface area contributed by atoms with Gasteiger partial charge in [0.25, 0.3) is 30.4 Å². The third-order valence-electron chi connectivity index (χ3n) is 6.55. The first-order chi connectivity index (χ1) is 24.0. The molecule has 52 heavy (non-hydrogen) atoms. The summed E-state index contributed by atoms with van der Waals surface area (Å²) in [5.41, 5.74) is -0.371. The van der Waals surface area contributed by atoms with Gasteiger partial charge in [0.05, 0.1) is 29.1 Å². The lowest BCUT2D eigenvalue weighted by Crippen LogP contribution is -2.57. The van der Waals surface area contributed by atoms with E-state index in [9.17, 15) is 70.0 Å². The van der Waals surface area contributed by atoms with E-state index in [0.29, 0.717) is 6.26 Å². The van der Waals surface area contributed by atoms with E-state index in [2.05, 4.69) is 0 Å². The highest BCUT2D eigenvalue weighted by molar-refractivity contribution is 7.87. The van der Waals surface area contributed by atoms with Crippen LogP contribution in [0.15, 0.2) is 65.6 Å². The molecular formula is C28H34O21S3. The summed E-state index contributed by atoms with van der Waals surface area (Å²) in [5, 5.41) is 58.6. The topological polar surface area (TPSA) is 338 Å². The lowest BCUT2D eigenvalue weighted by atomic mass is 10.0. The van der Waals surface area contributed by atoms with Gasteiger partial charge in [0, 0.05) is 0 Å². The van der Waals surface area contributed by atoms with E-state index in [1.165, 1.54) is 36.4 Å². The summed E-state index contributed by atoms with van der Waals surface area (Å²) in [5.74, 6) is -9.08. The molecule has 0 aliphatic rings. The van der Waals surface area contributed by atoms with E-state index < -0.39 is 120 Å². The van der Waals surface area contributed by atoms with Gasteiger partial charge >= 0.3 is 23.9 Å². The molecule has 6 N–H and O–H groups in total. The number of carboxylic acids is 2. The average molecular weight is 803 g/mol. The summed E-state index contributed by atoms with van der Waals surface area (Å²) in [6.45, 7) is -0.478. The molecule has 2 rings (SSSR count). The van der Waals surface area contributed by atoms with Crippen LogP contribution in [0.2, 0.25) is 0 Å². The fraction of sp³-hybridized carbons (Fsp3) is 0.429. The Kier molecular flexibility index (Phi) is 15.7. The number of aliphatic carboxylic acids is 2. The van der Waals surface area contributed by atoms with E-state index in [1.807, 2.05) is 0 Å². The largest absolute Gasteiger partial charge is 0.479 e. The molecular weight excluding hydrogens is 768 g/mol. The number of ether oxygens (including phenoxy) is 2. The molecule has 0 spiro atoms. The van der Waals surface area contributed by atoms with Crippen molar-refractivity contribution in [2.75, 3.05) is 18.6 Å². The Bertz CT molecular complexity index is 1870. The first-order valence-corrected chi connectivity index (χ1v) is 19.2. The number of carbonyl (C=O) groups excluding carboxylic acids is 2. The molecule has 0 aliphatic heterocycles. The van der Waals surface area contributed by atoms with Crippen molar-refractivity contribution in [1.82, 2.24) is 0 Å². The van der Waals surface area contributed by atoms with Crippen LogP contribution in [0.25, 0.3) is 0 Å². The zero-order chi connectivity index (χ0) is 39.6. The summed E-state index contributed by atoms with van der Waals surface area (Å²) < 4.78 is 101. The molecule has 0 aliphatic carbocycles. The van der Waals surface area contributed by atoms with E-state index in [-0.39, 0.29) is 5.56 Å². The third-order valence-corrected chi connectivity index (χ3v) is 9.66. The van der Waals surface area contributed by atoms with Crippen molar-refractivity contribution in [3.05, 3.63) is 66.2 Å².